The average molecular weight is 101 g/mol. The van der Waals surface area contributed by atoms with Gasteiger partial charge in [0.1, 0.15) is 6.10 Å². The number of likely N-dealkylation sites (tertiary alicyclic amines) is 1. The molecule has 1 aliphatic heterocycles. The highest BCUT2D eigenvalue weighted by molar-refractivity contribution is 4.59. The molecule has 1 aliphatic rings. The molecule has 7 heavy (non-hydrogen) atoms. The molecule has 0 aliphatic carbocycles. The van der Waals surface area contributed by atoms with E-state index < -0.39 is 0 Å². The lowest BCUT2D eigenvalue weighted by Crippen LogP contribution is -3.17. The Labute approximate surface area is 44.1 Å². The first-order valence-corrected chi connectivity index (χ1v) is 2.52. The second-order valence-electron chi connectivity index (χ2n) is 2.02. The van der Waals surface area contributed by atoms with Crippen LogP contribution in [0.3, 0.4) is 0 Å². The van der Waals surface area contributed by atoms with Gasteiger partial charge in [-0.3, -0.25) is 0 Å². The molecule has 1 saturated heterocycles. The average Bonchev–Trinajstić information content (AvgIpc) is 1.58. The number of rotatable bonds is 1. The minimum Gasteiger partial charge on any atom is -0.463 e. The van der Waals surface area contributed by atoms with E-state index in [9.17, 15) is 0 Å². The SMILES string of the molecule is [CH2-][NH+]1CC(OC)C1. The minimum atomic E-state index is 0.493. The molecule has 1 fully saturated rings. The molecule has 0 aromatic carbocycles. The quantitative estimate of drug-likeness (QED) is 0.405. The van der Waals surface area contributed by atoms with E-state index in [1.165, 1.54) is 4.90 Å². The van der Waals surface area contributed by atoms with Gasteiger partial charge in [0, 0.05) is 7.11 Å². The lowest BCUT2D eigenvalue weighted by Gasteiger charge is -2.36. The topological polar surface area (TPSA) is 13.7 Å². The van der Waals surface area contributed by atoms with E-state index in [0.29, 0.717) is 6.10 Å². The molecule has 0 aromatic heterocycles. The smallest absolute Gasteiger partial charge is 0.150 e. The first-order valence-electron chi connectivity index (χ1n) is 2.52. The summed E-state index contributed by atoms with van der Waals surface area (Å²) in [4.78, 5) is 1.33. The zero-order chi connectivity index (χ0) is 5.28. The summed E-state index contributed by atoms with van der Waals surface area (Å²) in [6, 6.07) is 0. The standard InChI is InChI=1S/C5H11NO/c1-6-3-5(4-6)7-2/h5-6H,1,3-4H2,2H3. The van der Waals surface area contributed by atoms with Gasteiger partial charge < -0.3 is 9.64 Å². The van der Waals surface area contributed by atoms with E-state index >= 15 is 0 Å². The van der Waals surface area contributed by atoms with E-state index in [1.807, 2.05) is 0 Å². The van der Waals surface area contributed by atoms with Crippen LogP contribution in [0.15, 0.2) is 0 Å². The van der Waals surface area contributed by atoms with Gasteiger partial charge in [-0.2, -0.15) is 7.05 Å². The lowest BCUT2D eigenvalue weighted by molar-refractivity contribution is -0.906. The fourth-order valence-corrected chi connectivity index (χ4v) is 0.751. The number of nitrogens with one attached hydrogen (secondary N) is 1. The van der Waals surface area contributed by atoms with Crippen LogP contribution in [0.4, 0.5) is 0 Å². The summed E-state index contributed by atoms with van der Waals surface area (Å²) in [6.07, 6.45) is 0.493. The summed E-state index contributed by atoms with van der Waals surface area (Å²) in [5.41, 5.74) is 0. The lowest BCUT2D eigenvalue weighted by atomic mass is 10.2. The van der Waals surface area contributed by atoms with Crippen molar-refractivity contribution in [1.29, 1.82) is 0 Å². The van der Waals surface area contributed by atoms with E-state index in [4.69, 9.17) is 4.74 Å². The van der Waals surface area contributed by atoms with Crippen LogP contribution in [0.5, 0.6) is 0 Å². The van der Waals surface area contributed by atoms with Crippen LogP contribution in [-0.4, -0.2) is 26.3 Å². The summed E-state index contributed by atoms with van der Waals surface area (Å²) in [7, 11) is 5.53. The molecule has 2 heteroatoms. The number of quaternary nitrogens is 1. The Morgan fingerprint density at radius 3 is 2.43 bits per heavy atom. The van der Waals surface area contributed by atoms with Crippen LogP contribution >= 0.6 is 0 Å². The maximum absolute atomic E-state index is 5.00. The number of methoxy groups -OCH3 is 1. The van der Waals surface area contributed by atoms with Crippen LogP contribution in [0.2, 0.25) is 0 Å². The van der Waals surface area contributed by atoms with Crippen LogP contribution in [0, 0.1) is 7.05 Å². The molecule has 1 heterocycles. The predicted molar refractivity (Wildman–Crippen MR) is 26.9 cm³/mol. The second kappa shape index (κ2) is 1.80. The second-order valence-corrected chi connectivity index (χ2v) is 2.02. The summed E-state index contributed by atoms with van der Waals surface area (Å²) in [5, 5.41) is 0. The Bertz CT molecular complexity index is 59.1. The summed E-state index contributed by atoms with van der Waals surface area (Å²) in [5.74, 6) is 0. The van der Waals surface area contributed by atoms with E-state index in [1.54, 1.807) is 7.11 Å². The maximum atomic E-state index is 5.00. The summed E-state index contributed by atoms with van der Waals surface area (Å²) >= 11 is 0. The molecule has 0 radical (unpaired) electrons. The Kier molecular flexibility index (Phi) is 1.30. The van der Waals surface area contributed by atoms with Gasteiger partial charge in [0.15, 0.2) is 0 Å². The van der Waals surface area contributed by atoms with Gasteiger partial charge in [0.2, 0.25) is 0 Å². The highest BCUT2D eigenvalue weighted by atomic mass is 16.5. The van der Waals surface area contributed by atoms with Gasteiger partial charge in [0.25, 0.3) is 0 Å². The number of hydrogen-bond donors (Lipinski definition) is 1. The molecule has 0 saturated carbocycles. The molecule has 1 N–H and O–H groups in total. The van der Waals surface area contributed by atoms with Crippen LogP contribution in [0.25, 0.3) is 0 Å². The Morgan fingerprint density at radius 1 is 1.71 bits per heavy atom. The highest BCUT2D eigenvalue weighted by Gasteiger charge is 2.22. The Hall–Kier alpha value is -0.0800. The molecule has 2 nitrogen and oxygen atoms in total. The molecular weight excluding hydrogens is 90.1 g/mol. The molecular formula is C5H11NO. The first kappa shape index (κ1) is 5.06. The largest absolute Gasteiger partial charge is 0.463 e. The number of hydrogen-bond acceptors (Lipinski definition) is 1. The van der Waals surface area contributed by atoms with Crippen molar-refractivity contribution in [2.45, 2.75) is 6.10 Å². The molecule has 0 spiro atoms. The molecule has 1 rings (SSSR count). The van der Waals surface area contributed by atoms with Crippen molar-refractivity contribution in [3.8, 4) is 0 Å². The predicted octanol–water partition coefficient (Wildman–Crippen LogP) is -1.31. The van der Waals surface area contributed by atoms with Crippen molar-refractivity contribution in [3.05, 3.63) is 7.05 Å². The molecule has 0 atom stereocenters. The first-order chi connectivity index (χ1) is 3.33. The summed E-state index contributed by atoms with van der Waals surface area (Å²) in [6.45, 7) is 2.16. The van der Waals surface area contributed by atoms with Gasteiger partial charge in [-0.05, 0) is 0 Å². The molecule has 0 amide bonds. The molecule has 0 bridgehead atoms. The Morgan fingerprint density at radius 2 is 2.29 bits per heavy atom. The van der Waals surface area contributed by atoms with Gasteiger partial charge >= 0.3 is 0 Å². The highest BCUT2D eigenvalue weighted by Crippen LogP contribution is 1.87. The maximum Gasteiger partial charge on any atom is 0.150 e. The van der Waals surface area contributed by atoms with Crippen molar-refractivity contribution in [2.24, 2.45) is 0 Å². The van der Waals surface area contributed by atoms with Crippen molar-refractivity contribution in [3.63, 3.8) is 0 Å². The fraction of sp³-hybridized carbons (Fsp3) is 0.800. The zero-order valence-corrected chi connectivity index (χ0v) is 4.61. The molecule has 0 aromatic rings. The zero-order valence-electron chi connectivity index (χ0n) is 4.61. The van der Waals surface area contributed by atoms with Gasteiger partial charge in [-0.1, -0.05) is 0 Å². The minimum absolute atomic E-state index is 0.493. The molecule has 42 valence electrons. The molecule has 0 unspecified atom stereocenters. The van der Waals surface area contributed by atoms with Crippen LogP contribution in [-0.2, 0) is 4.74 Å². The van der Waals surface area contributed by atoms with Crippen molar-refractivity contribution >= 4 is 0 Å². The third-order valence-electron chi connectivity index (χ3n) is 1.37. The van der Waals surface area contributed by atoms with Crippen LogP contribution < -0.4 is 4.90 Å². The normalized spacial score (nSPS) is 40.3. The number of ether oxygens (including phenoxy) is 1. The van der Waals surface area contributed by atoms with Gasteiger partial charge in [-0.15, -0.1) is 0 Å². The van der Waals surface area contributed by atoms with Gasteiger partial charge in [0.05, 0.1) is 13.1 Å². The van der Waals surface area contributed by atoms with E-state index in [0.717, 1.165) is 13.1 Å². The van der Waals surface area contributed by atoms with E-state index in [2.05, 4.69) is 7.05 Å². The van der Waals surface area contributed by atoms with Crippen LogP contribution in [0.1, 0.15) is 0 Å². The fourth-order valence-electron chi connectivity index (χ4n) is 0.751. The van der Waals surface area contributed by atoms with Crippen molar-refractivity contribution in [2.75, 3.05) is 20.2 Å². The monoisotopic (exact) mass is 101 g/mol. The van der Waals surface area contributed by atoms with Crippen molar-refractivity contribution < 1.29 is 9.64 Å². The third-order valence-corrected chi connectivity index (χ3v) is 1.37. The van der Waals surface area contributed by atoms with Gasteiger partial charge in [-0.25, -0.2) is 0 Å². The Balaban J connectivity index is 2.06. The third kappa shape index (κ3) is 0.924. The summed E-state index contributed by atoms with van der Waals surface area (Å²) < 4.78 is 5.00. The van der Waals surface area contributed by atoms with Crippen molar-refractivity contribution in [1.82, 2.24) is 0 Å². The van der Waals surface area contributed by atoms with E-state index in [-0.39, 0.29) is 0 Å².